The predicted molar refractivity (Wildman–Crippen MR) is 102 cm³/mol. The summed E-state index contributed by atoms with van der Waals surface area (Å²) in [5.41, 5.74) is 1.46. The Balaban J connectivity index is 1.82. The molecule has 1 aliphatic rings. The van der Waals surface area contributed by atoms with E-state index in [2.05, 4.69) is 10.4 Å². The number of esters is 1. The minimum Gasteiger partial charge on any atom is -0.462 e. The molecule has 0 fully saturated rings. The van der Waals surface area contributed by atoms with E-state index in [4.69, 9.17) is 4.74 Å². The molecule has 2 aromatic rings. The van der Waals surface area contributed by atoms with Gasteiger partial charge in [-0.15, -0.1) is 11.3 Å². The molecule has 0 aliphatic heterocycles. The van der Waals surface area contributed by atoms with E-state index in [1.54, 1.807) is 6.92 Å². The summed E-state index contributed by atoms with van der Waals surface area (Å²) in [6.45, 7) is 3.46. The first kappa shape index (κ1) is 20.4. The Morgan fingerprint density at radius 3 is 2.82 bits per heavy atom. The van der Waals surface area contributed by atoms with Gasteiger partial charge in [0.2, 0.25) is 5.91 Å². The molecule has 0 radical (unpaired) electrons. The summed E-state index contributed by atoms with van der Waals surface area (Å²) in [7, 11) is 0. The van der Waals surface area contributed by atoms with Crippen molar-refractivity contribution >= 4 is 28.2 Å². The number of thiophene rings is 1. The molecule has 1 amide bonds. The normalized spacial score (nSPS) is 13.5. The minimum atomic E-state index is -2.72. The summed E-state index contributed by atoms with van der Waals surface area (Å²) < 4.78 is 32.5. The molecule has 3 rings (SSSR count). The van der Waals surface area contributed by atoms with Crippen molar-refractivity contribution in [2.24, 2.45) is 0 Å². The van der Waals surface area contributed by atoms with Crippen LogP contribution in [0.15, 0.2) is 6.07 Å². The van der Waals surface area contributed by atoms with Gasteiger partial charge < -0.3 is 10.1 Å². The van der Waals surface area contributed by atoms with Gasteiger partial charge >= 0.3 is 5.97 Å². The highest BCUT2D eigenvalue weighted by atomic mass is 32.1. The molecule has 152 valence electrons. The summed E-state index contributed by atoms with van der Waals surface area (Å²) in [5.74, 6) is -0.951. The van der Waals surface area contributed by atoms with E-state index in [1.807, 2.05) is 6.92 Å². The molecule has 9 heteroatoms. The zero-order chi connectivity index (χ0) is 20.3. The third kappa shape index (κ3) is 4.40. The van der Waals surface area contributed by atoms with Crippen LogP contribution < -0.4 is 5.32 Å². The van der Waals surface area contributed by atoms with Gasteiger partial charge in [-0.1, -0.05) is 6.92 Å². The lowest BCUT2D eigenvalue weighted by Gasteiger charge is -2.12. The number of aromatic nitrogens is 2. The average Bonchev–Trinajstić information content (AvgIpc) is 3.19. The number of hydrogen-bond donors (Lipinski definition) is 1. The first-order valence-electron chi connectivity index (χ1n) is 9.34. The fourth-order valence-corrected chi connectivity index (χ4v) is 4.60. The molecule has 2 aromatic heterocycles. The number of anilines is 1. The van der Waals surface area contributed by atoms with Crippen molar-refractivity contribution < 1.29 is 23.1 Å². The standard InChI is InChI=1S/C19H23F2N3O3S/c1-3-8-27-19(26)16-12-6-4-5-7-14(12)28-18(16)22-15(25)10-24-13(17(20)21)9-11(2)23-24/h9,17H,3-8,10H2,1-2H3,(H,22,25). The zero-order valence-electron chi connectivity index (χ0n) is 15.9. The van der Waals surface area contributed by atoms with Gasteiger partial charge in [0.05, 0.1) is 17.9 Å². The molecule has 0 saturated carbocycles. The molecule has 0 saturated heterocycles. The molecule has 6 nitrogen and oxygen atoms in total. The predicted octanol–water partition coefficient (Wildman–Crippen LogP) is 4.27. The maximum absolute atomic E-state index is 13.1. The number of fused-ring (bicyclic) bond motifs is 1. The number of nitrogens with one attached hydrogen (secondary N) is 1. The van der Waals surface area contributed by atoms with Crippen LogP contribution in [0.5, 0.6) is 0 Å². The van der Waals surface area contributed by atoms with E-state index in [0.717, 1.165) is 40.8 Å². The van der Waals surface area contributed by atoms with Gasteiger partial charge in [0.15, 0.2) is 0 Å². The largest absolute Gasteiger partial charge is 0.462 e. The van der Waals surface area contributed by atoms with Crippen LogP contribution in [0, 0.1) is 6.92 Å². The summed E-state index contributed by atoms with van der Waals surface area (Å²) in [4.78, 5) is 26.1. The summed E-state index contributed by atoms with van der Waals surface area (Å²) >= 11 is 1.37. The van der Waals surface area contributed by atoms with Crippen LogP contribution in [0.3, 0.4) is 0 Å². The number of halogens is 2. The van der Waals surface area contributed by atoms with E-state index >= 15 is 0 Å². The summed E-state index contributed by atoms with van der Waals surface area (Å²) in [6.07, 6.45) is 1.63. The Kier molecular flexibility index (Phi) is 6.43. The van der Waals surface area contributed by atoms with Crippen LogP contribution in [0.25, 0.3) is 0 Å². The zero-order valence-corrected chi connectivity index (χ0v) is 16.7. The van der Waals surface area contributed by atoms with E-state index in [9.17, 15) is 18.4 Å². The number of amides is 1. The van der Waals surface area contributed by atoms with Crippen LogP contribution >= 0.6 is 11.3 Å². The molecule has 1 N–H and O–H groups in total. The maximum Gasteiger partial charge on any atom is 0.341 e. The van der Waals surface area contributed by atoms with E-state index in [1.165, 1.54) is 17.4 Å². The van der Waals surface area contributed by atoms with Crippen molar-refractivity contribution in [1.29, 1.82) is 0 Å². The van der Waals surface area contributed by atoms with Crippen molar-refractivity contribution in [3.63, 3.8) is 0 Å². The van der Waals surface area contributed by atoms with Gasteiger partial charge in [0, 0.05) is 4.88 Å². The van der Waals surface area contributed by atoms with Crippen LogP contribution in [0.4, 0.5) is 13.8 Å². The van der Waals surface area contributed by atoms with Crippen LogP contribution in [-0.4, -0.2) is 28.3 Å². The van der Waals surface area contributed by atoms with Gasteiger partial charge in [-0.05, 0) is 50.7 Å². The van der Waals surface area contributed by atoms with Gasteiger partial charge in [-0.25, -0.2) is 13.6 Å². The van der Waals surface area contributed by atoms with Gasteiger partial charge in [-0.2, -0.15) is 5.10 Å². The Bertz CT molecular complexity index is 876. The fourth-order valence-electron chi connectivity index (χ4n) is 3.31. The lowest BCUT2D eigenvalue weighted by molar-refractivity contribution is -0.117. The first-order valence-corrected chi connectivity index (χ1v) is 10.2. The molecular weight excluding hydrogens is 388 g/mol. The molecule has 0 spiro atoms. The van der Waals surface area contributed by atoms with Crippen LogP contribution in [0.1, 0.15) is 64.8 Å². The number of alkyl halides is 2. The van der Waals surface area contributed by atoms with Crippen molar-refractivity contribution in [3.8, 4) is 0 Å². The highest BCUT2D eigenvalue weighted by molar-refractivity contribution is 7.17. The smallest absolute Gasteiger partial charge is 0.341 e. The second-order valence-electron chi connectivity index (χ2n) is 6.77. The van der Waals surface area contributed by atoms with Gasteiger partial charge in [0.25, 0.3) is 6.43 Å². The Hall–Kier alpha value is -2.29. The van der Waals surface area contributed by atoms with Gasteiger partial charge in [-0.3, -0.25) is 9.48 Å². The second kappa shape index (κ2) is 8.81. The quantitative estimate of drug-likeness (QED) is 0.691. The molecule has 1 aliphatic carbocycles. The second-order valence-corrected chi connectivity index (χ2v) is 7.87. The van der Waals surface area contributed by atoms with Crippen molar-refractivity contribution in [3.05, 3.63) is 33.5 Å². The number of hydrogen-bond acceptors (Lipinski definition) is 5. The lowest BCUT2D eigenvalue weighted by atomic mass is 9.95. The Labute approximate surface area is 165 Å². The van der Waals surface area contributed by atoms with E-state index < -0.39 is 18.3 Å². The number of aryl methyl sites for hydroxylation is 2. The Morgan fingerprint density at radius 1 is 1.36 bits per heavy atom. The first-order chi connectivity index (χ1) is 13.4. The highest BCUT2D eigenvalue weighted by Gasteiger charge is 2.27. The fraction of sp³-hybridized carbons (Fsp3) is 0.526. The third-order valence-corrected chi connectivity index (χ3v) is 5.72. The summed E-state index contributed by atoms with van der Waals surface area (Å²) in [5, 5.41) is 7.12. The van der Waals surface area contributed by atoms with Crippen LogP contribution in [0.2, 0.25) is 0 Å². The van der Waals surface area contributed by atoms with Gasteiger partial charge in [0.1, 0.15) is 17.2 Å². The number of carbonyl (C=O) groups is 2. The number of nitrogens with zero attached hydrogens (tertiary/aromatic N) is 2. The molecule has 0 atom stereocenters. The number of rotatable bonds is 7. The SMILES string of the molecule is CCCOC(=O)c1c(NC(=O)Cn2nc(C)cc2C(F)F)sc2c1CCCC2. The minimum absolute atomic E-state index is 0.305. The summed E-state index contributed by atoms with van der Waals surface area (Å²) in [6, 6.07) is 1.26. The van der Waals surface area contributed by atoms with E-state index in [0.29, 0.717) is 29.3 Å². The highest BCUT2D eigenvalue weighted by Crippen LogP contribution is 2.38. The van der Waals surface area contributed by atoms with Crippen molar-refractivity contribution in [2.75, 3.05) is 11.9 Å². The number of ether oxygens (including phenoxy) is 1. The van der Waals surface area contributed by atoms with E-state index in [-0.39, 0.29) is 12.2 Å². The molecule has 0 aromatic carbocycles. The molecular formula is C19H23F2N3O3S. The van der Waals surface area contributed by atoms with Crippen molar-refractivity contribution in [1.82, 2.24) is 9.78 Å². The molecule has 2 heterocycles. The van der Waals surface area contributed by atoms with Crippen LogP contribution in [-0.2, 0) is 28.9 Å². The molecule has 28 heavy (non-hydrogen) atoms. The topological polar surface area (TPSA) is 73.2 Å². The lowest BCUT2D eigenvalue weighted by Crippen LogP contribution is -2.22. The monoisotopic (exact) mass is 411 g/mol. The third-order valence-electron chi connectivity index (χ3n) is 4.52. The average molecular weight is 411 g/mol. The molecule has 0 unspecified atom stereocenters. The maximum atomic E-state index is 13.1. The number of carbonyl (C=O) groups excluding carboxylic acids is 2. The van der Waals surface area contributed by atoms with Crippen molar-refractivity contribution in [2.45, 2.75) is 58.9 Å². The Morgan fingerprint density at radius 2 is 2.11 bits per heavy atom. The molecule has 0 bridgehead atoms.